The summed E-state index contributed by atoms with van der Waals surface area (Å²) in [5.74, 6) is -0.707. The van der Waals surface area contributed by atoms with Gasteiger partial charge in [-0.1, -0.05) is 0 Å². The fourth-order valence-electron chi connectivity index (χ4n) is 6.65. The van der Waals surface area contributed by atoms with Gasteiger partial charge in [0, 0.05) is 69.5 Å². The summed E-state index contributed by atoms with van der Waals surface area (Å²) in [5.41, 5.74) is 3.39. The van der Waals surface area contributed by atoms with Gasteiger partial charge in [0.15, 0.2) is 0 Å². The van der Waals surface area contributed by atoms with Crippen molar-refractivity contribution in [3.8, 4) is 0 Å². The van der Waals surface area contributed by atoms with Crippen LogP contribution >= 0.6 is 0 Å². The maximum absolute atomic E-state index is 12.9. The van der Waals surface area contributed by atoms with Crippen LogP contribution in [0.2, 0.25) is 0 Å². The number of hydrogen-bond acceptors (Lipinski definition) is 6. The van der Waals surface area contributed by atoms with E-state index in [1.807, 2.05) is 6.07 Å². The predicted octanol–water partition coefficient (Wildman–Crippen LogP) is 1.10. The fourth-order valence-corrected chi connectivity index (χ4v) is 6.65. The van der Waals surface area contributed by atoms with E-state index in [1.54, 1.807) is 4.90 Å². The zero-order valence-electron chi connectivity index (χ0n) is 19.1. The summed E-state index contributed by atoms with van der Waals surface area (Å²) in [5, 5.41) is 5.83. The molecular formula is C25H33N5O3. The quantitative estimate of drug-likeness (QED) is 0.670. The average molecular weight is 452 g/mol. The largest absolute Gasteiger partial charge is 0.371 e. The molecule has 1 aromatic carbocycles. The molecule has 4 aliphatic heterocycles. The number of fused-ring (bicyclic) bond motifs is 1. The Bertz CT molecular complexity index is 972. The van der Waals surface area contributed by atoms with E-state index < -0.39 is 6.04 Å². The van der Waals surface area contributed by atoms with E-state index in [-0.39, 0.29) is 24.1 Å². The minimum absolute atomic E-state index is 0.0999. The van der Waals surface area contributed by atoms with Gasteiger partial charge in [-0.3, -0.25) is 24.6 Å². The Morgan fingerprint density at radius 2 is 1.73 bits per heavy atom. The first kappa shape index (κ1) is 21.1. The molecule has 0 aromatic heterocycles. The van der Waals surface area contributed by atoms with E-state index in [2.05, 4.69) is 32.6 Å². The molecule has 8 nitrogen and oxygen atoms in total. The molecule has 1 unspecified atom stereocenters. The molecule has 0 radical (unpaired) electrons. The number of benzene rings is 1. The first-order valence-corrected chi connectivity index (χ1v) is 12.5. The van der Waals surface area contributed by atoms with Crippen LogP contribution in [-0.2, 0) is 16.1 Å². The zero-order chi connectivity index (χ0) is 22.6. The molecule has 1 saturated carbocycles. The SMILES string of the molecule is O=C1CCC(N2Cc3cc(N4CCC5(CC4)CC(N4CCNCC4)C5)ccc3C2=O)C(=O)N1. The molecular weight excluding hydrogens is 418 g/mol. The monoisotopic (exact) mass is 451 g/mol. The molecule has 5 aliphatic rings. The molecule has 1 aliphatic carbocycles. The molecule has 176 valence electrons. The molecule has 1 aromatic rings. The maximum atomic E-state index is 12.9. The van der Waals surface area contributed by atoms with E-state index in [4.69, 9.17) is 0 Å². The number of rotatable bonds is 3. The van der Waals surface area contributed by atoms with E-state index in [0.29, 0.717) is 23.9 Å². The third-order valence-electron chi connectivity index (χ3n) is 8.70. The number of anilines is 1. The molecule has 8 heteroatoms. The van der Waals surface area contributed by atoms with Crippen molar-refractivity contribution in [1.82, 2.24) is 20.4 Å². The first-order valence-electron chi connectivity index (χ1n) is 12.5. The van der Waals surface area contributed by atoms with E-state index in [0.717, 1.165) is 37.8 Å². The highest BCUT2D eigenvalue weighted by Crippen LogP contribution is 2.51. The Hall–Kier alpha value is -2.45. The van der Waals surface area contributed by atoms with Crippen LogP contribution in [0, 0.1) is 5.41 Å². The first-order chi connectivity index (χ1) is 16.0. The number of nitrogens with zero attached hydrogens (tertiary/aromatic N) is 3. The Morgan fingerprint density at radius 1 is 0.970 bits per heavy atom. The predicted molar refractivity (Wildman–Crippen MR) is 124 cm³/mol. The zero-order valence-corrected chi connectivity index (χ0v) is 19.1. The van der Waals surface area contributed by atoms with Crippen LogP contribution < -0.4 is 15.5 Å². The molecule has 2 N–H and O–H groups in total. The summed E-state index contributed by atoms with van der Waals surface area (Å²) in [4.78, 5) is 43.5. The second kappa shape index (κ2) is 8.09. The lowest BCUT2D eigenvalue weighted by Gasteiger charge is -2.56. The van der Waals surface area contributed by atoms with Crippen molar-refractivity contribution in [1.29, 1.82) is 0 Å². The van der Waals surface area contributed by atoms with Gasteiger partial charge < -0.3 is 15.1 Å². The van der Waals surface area contributed by atoms with Gasteiger partial charge in [0.1, 0.15) is 6.04 Å². The Morgan fingerprint density at radius 3 is 2.45 bits per heavy atom. The minimum Gasteiger partial charge on any atom is -0.371 e. The number of imide groups is 1. The van der Waals surface area contributed by atoms with Crippen LogP contribution in [0.4, 0.5) is 5.69 Å². The number of carbonyl (C=O) groups is 3. The topological polar surface area (TPSA) is 85.0 Å². The second-order valence-electron chi connectivity index (χ2n) is 10.6. The van der Waals surface area contributed by atoms with Gasteiger partial charge in [0.2, 0.25) is 11.8 Å². The van der Waals surface area contributed by atoms with Crippen molar-refractivity contribution < 1.29 is 14.4 Å². The maximum Gasteiger partial charge on any atom is 0.255 e. The Labute approximate surface area is 194 Å². The number of amides is 3. The van der Waals surface area contributed by atoms with Crippen molar-refractivity contribution in [2.24, 2.45) is 5.41 Å². The third kappa shape index (κ3) is 3.73. The lowest BCUT2D eigenvalue weighted by Crippen LogP contribution is -2.58. The summed E-state index contributed by atoms with van der Waals surface area (Å²) < 4.78 is 0. The van der Waals surface area contributed by atoms with Gasteiger partial charge in [-0.2, -0.15) is 0 Å². The fraction of sp³-hybridized carbons (Fsp3) is 0.640. The molecule has 33 heavy (non-hydrogen) atoms. The van der Waals surface area contributed by atoms with E-state index in [9.17, 15) is 14.4 Å². The van der Waals surface area contributed by atoms with Gasteiger partial charge in [-0.15, -0.1) is 0 Å². The lowest BCUT2D eigenvalue weighted by atomic mass is 9.60. The van der Waals surface area contributed by atoms with Gasteiger partial charge >= 0.3 is 0 Å². The average Bonchev–Trinajstić information content (AvgIpc) is 3.13. The van der Waals surface area contributed by atoms with Gasteiger partial charge in [-0.05, 0) is 61.3 Å². The van der Waals surface area contributed by atoms with Gasteiger partial charge in [0.05, 0.1) is 0 Å². The Kier molecular flexibility index (Phi) is 5.18. The molecule has 1 spiro atoms. The van der Waals surface area contributed by atoms with Crippen molar-refractivity contribution in [2.45, 2.75) is 57.2 Å². The van der Waals surface area contributed by atoms with Crippen molar-refractivity contribution in [3.05, 3.63) is 29.3 Å². The molecule has 6 rings (SSSR count). The molecule has 3 amide bonds. The summed E-state index contributed by atoms with van der Waals surface area (Å²) >= 11 is 0. The molecule has 1 atom stereocenters. The van der Waals surface area contributed by atoms with Crippen LogP contribution in [0.3, 0.4) is 0 Å². The lowest BCUT2D eigenvalue weighted by molar-refractivity contribution is -0.136. The van der Waals surface area contributed by atoms with E-state index >= 15 is 0 Å². The molecule has 3 saturated heterocycles. The summed E-state index contributed by atoms with van der Waals surface area (Å²) in [7, 11) is 0. The van der Waals surface area contributed by atoms with Crippen LogP contribution in [0.5, 0.6) is 0 Å². The highest BCUT2D eigenvalue weighted by atomic mass is 16.2. The molecule has 0 bridgehead atoms. The number of hydrogen-bond donors (Lipinski definition) is 2. The smallest absolute Gasteiger partial charge is 0.255 e. The number of piperidine rings is 2. The van der Waals surface area contributed by atoms with Gasteiger partial charge in [0.25, 0.3) is 5.91 Å². The van der Waals surface area contributed by atoms with Gasteiger partial charge in [-0.25, -0.2) is 0 Å². The number of nitrogens with one attached hydrogen (secondary N) is 2. The molecule has 4 fully saturated rings. The van der Waals surface area contributed by atoms with Crippen molar-refractivity contribution in [3.63, 3.8) is 0 Å². The number of piperazine rings is 1. The van der Waals surface area contributed by atoms with Crippen LogP contribution in [0.15, 0.2) is 18.2 Å². The van der Waals surface area contributed by atoms with Crippen molar-refractivity contribution in [2.75, 3.05) is 44.2 Å². The highest BCUT2D eigenvalue weighted by Gasteiger charge is 2.48. The summed E-state index contributed by atoms with van der Waals surface area (Å²) in [6.45, 7) is 7.21. The second-order valence-corrected chi connectivity index (χ2v) is 10.6. The van der Waals surface area contributed by atoms with Crippen LogP contribution in [0.1, 0.15) is 54.4 Å². The summed E-state index contributed by atoms with van der Waals surface area (Å²) in [6, 6.07) is 6.35. The standard InChI is InChI=1S/C25H33N5O3/c31-22-4-3-21(23(32)27-22)30-16-17-13-18(1-2-20(17)24(30)33)28-9-5-25(6-10-28)14-19(15-25)29-11-7-26-8-12-29/h1-2,13,19,21,26H,3-12,14-16H2,(H,27,31,32). The third-order valence-corrected chi connectivity index (χ3v) is 8.70. The normalized spacial score (nSPS) is 28.1. The van der Waals surface area contributed by atoms with Crippen molar-refractivity contribution >= 4 is 23.4 Å². The number of carbonyl (C=O) groups excluding carboxylic acids is 3. The highest BCUT2D eigenvalue weighted by molar-refractivity contribution is 6.05. The summed E-state index contributed by atoms with van der Waals surface area (Å²) in [6.07, 6.45) is 5.87. The molecule has 4 heterocycles. The van der Waals surface area contributed by atoms with Crippen LogP contribution in [-0.4, -0.2) is 78.9 Å². The van der Waals surface area contributed by atoms with Crippen LogP contribution in [0.25, 0.3) is 0 Å². The Balaban J connectivity index is 1.08. The van der Waals surface area contributed by atoms with E-state index in [1.165, 1.54) is 44.5 Å². The minimum atomic E-state index is -0.553.